The van der Waals surface area contributed by atoms with E-state index in [9.17, 15) is 14.4 Å². The Hall–Kier alpha value is -3.65. The van der Waals surface area contributed by atoms with Gasteiger partial charge in [0.1, 0.15) is 5.75 Å². The van der Waals surface area contributed by atoms with Crippen LogP contribution in [0.5, 0.6) is 5.75 Å². The van der Waals surface area contributed by atoms with Crippen LogP contribution in [0, 0.1) is 12.8 Å². The molecule has 0 spiro atoms. The van der Waals surface area contributed by atoms with E-state index >= 15 is 0 Å². The monoisotopic (exact) mass is 535 g/mol. The largest absolute Gasteiger partial charge is 0.484 e. The number of benzene rings is 3. The highest BCUT2D eigenvalue weighted by atomic mass is 79.9. The Morgan fingerprint density at radius 3 is 2.37 bits per heavy atom. The molecule has 8 heteroatoms. The average Bonchev–Trinajstić information content (AvgIpc) is 3.25. The molecule has 0 bridgehead atoms. The number of nitrogens with one attached hydrogen (secondary N) is 2. The van der Waals surface area contributed by atoms with Crippen molar-refractivity contribution in [2.45, 2.75) is 19.9 Å². The topological polar surface area (TPSA) is 87.7 Å². The molecule has 0 unspecified atom stereocenters. The van der Waals surface area contributed by atoms with Crippen LogP contribution < -0.4 is 20.3 Å². The van der Waals surface area contributed by atoms with Crippen LogP contribution in [0.4, 0.5) is 11.4 Å². The van der Waals surface area contributed by atoms with Gasteiger partial charge >= 0.3 is 0 Å². The van der Waals surface area contributed by atoms with Crippen LogP contribution in [0.1, 0.15) is 17.5 Å². The number of carbonyl (C=O) groups is 3. The van der Waals surface area contributed by atoms with Gasteiger partial charge in [0.2, 0.25) is 11.8 Å². The van der Waals surface area contributed by atoms with Crippen LogP contribution in [0.15, 0.2) is 77.3 Å². The summed E-state index contributed by atoms with van der Waals surface area (Å²) in [5.41, 5.74) is 3.56. The number of anilines is 2. The second-order valence-electron chi connectivity index (χ2n) is 8.45. The second kappa shape index (κ2) is 11.2. The van der Waals surface area contributed by atoms with Crippen molar-refractivity contribution in [3.05, 3.63) is 88.4 Å². The molecule has 7 nitrogen and oxygen atoms in total. The van der Waals surface area contributed by atoms with Gasteiger partial charge in [0.15, 0.2) is 6.61 Å². The zero-order chi connectivity index (χ0) is 24.8. The van der Waals surface area contributed by atoms with Gasteiger partial charge in [-0.05, 0) is 61.0 Å². The summed E-state index contributed by atoms with van der Waals surface area (Å²) in [6.07, 6.45) is 0.175. The minimum atomic E-state index is -0.397. The zero-order valence-corrected chi connectivity index (χ0v) is 20.9. The maximum Gasteiger partial charge on any atom is 0.262 e. The van der Waals surface area contributed by atoms with Gasteiger partial charge in [0.25, 0.3) is 5.91 Å². The molecule has 1 aliphatic rings. The van der Waals surface area contributed by atoms with Crippen molar-refractivity contribution in [1.82, 2.24) is 5.32 Å². The molecule has 4 rings (SSSR count). The number of hydrogen-bond donors (Lipinski definition) is 2. The van der Waals surface area contributed by atoms with Crippen LogP contribution in [-0.4, -0.2) is 30.9 Å². The van der Waals surface area contributed by atoms with Crippen LogP contribution in [0.25, 0.3) is 0 Å². The molecule has 2 N–H and O–H groups in total. The zero-order valence-electron chi connectivity index (χ0n) is 19.3. The van der Waals surface area contributed by atoms with E-state index in [4.69, 9.17) is 4.74 Å². The number of halogens is 1. The first-order valence-electron chi connectivity index (χ1n) is 11.3. The summed E-state index contributed by atoms with van der Waals surface area (Å²) < 4.78 is 6.49. The minimum Gasteiger partial charge on any atom is -0.484 e. The molecule has 3 amide bonds. The Bertz CT molecular complexity index is 1190. The standard InChI is InChI=1S/C27H26BrN3O4/c1-18-2-4-19(5-3-18)15-29-27(34)20-14-26(33)31(16-20)23-10-12-24(13-11-23)35-17-25(32)30-22-8-6-21(28)7-9-22/h2-13,20H,14-17H2,1H3,(H,29,34)(H,30,32)/t20-/m0/s1. The summed E-state index contributed by atoms with van der Waals surface area (Å²) in [5.74, 6) is -0.378. The molecule has 35 heavy (non-hydrogen) atoms. The fourth-order valence-electron chi connectivity index (χ4n) is 3.77. The first-order valence-corrected chi connectivity index (χ1v) is 12.1. The van der Waals surface area contributed by atoms with E-state index < -0.39 is 5.92 Å². The lowest BCUT2D eigenvalue weighted by Gasteiger charge is -2.17. The van der Waals surface area contributed by atoms with E-state index in [1.807, 2.05) is 43.3 Å². The van der Waals surface area contributed by atoms with Crippen LogP contribution in [0.3, 0.4) is 0 Å². The Kier molecular flexibility index (Phi) is 7.82. The number of aryl methyl sites for hydroxylation is 1. The molecule has 0 aliphatic carbocycles. The third-order valence-electron chi connectivity index (χ3n) is 5.73. The molecule has 1 heterocycles. The summed E-state index contributed by atoms with van der Waals surface area (Å²) in [6, 6.07) is 22.2. The molecule has 1 atom stereocenters. The van der Waals surface area contributed by atoms with Gasteiger partial charge < -0.3 is 20.3 Å². The summed E-state index contributed by atoms with van der Waals surface area (Å²) in [5, 5.41) is 5.70. The number of nitrogens with zero attached hydrogens (tertiary/aromatic N) is 1. The van der Waals surface area contributed by atoms with Gasteiger partial charge in [-0.15, -0.1) is 0 Å². The highest BCUT2D eigenvalue weighted by Gasteiger charge is 2.35. The second-order valence-corrected chi connectivity index (χ2v) is 9.36. The Morgan fingerprint density at radius 2 is 1.69 bits per heavy atom. The third kappa shape index (κ3) is 6.70. The molecular formula is C27H26BrN3O4. The molecule has 3 aromatic carbocycles. The van der Waals surface area contributed by atoms with Gasteiger partial charge in [-0.2, -0.15) is 0 Å². The highest BCUT2D eigenvalue weighted by molar-refractivity contribution is 9.10. The number of rotatable bonds is 8. The van der Waals surface area contributed by atoms with Crippen molar-refractivity contribution in [3.8, 4) is 5.75 Å². The van der Waals surface area contributed by atoms with Gasteiger partial charge in [-0.1, -0.05) is 45.8 Å². The highest BCUT2D eigenvalue weighted by Crippen LogP contribution is 2.27. The fourth-order valence-corrected chi connectivity index (χ4v) is 4.04. The Morgan fingerprint density at radius 1 is 1.00 bits per heavy atom. The average molecular weight is 536 g/mol. The maximum atomic E-state index is 12.6. The van der Waals surface area contributed by atoms with E-state index in [2.05, 4.69) is 26.6 Å². The van der Waals surface area contributed by atoms with Crippen molar-refractivity contribution < 1.29 is 19.1 Å². The molecular weight excluding hydrogens is 510 g/mol. The van der Waals surface area contributed by atoms with E-state index in [-0.39, 0.29) is 30.7 Å². The van der Waals surface area contributed by atoms with Crippen LogP contribution >= 0.6 is 15.9 Å². The van der Waals surface area contributed by atoms with Gasteiger partial charge in [0.05, 0.1) is 5.92 Å². The quantitative estimate of drug-likeness (QED) is 0.446. The van der Waals surface area contributed by atoms with Gasteiger partial charge in [-0.25, -0.2) is 0 Å². The smallest absolute Gasteiger partial charge is 0.262 e. The lowest BCUT2D eigenvalue weighted by atomic mass is 10.1. The molecule has 1 aliphatic heterocycles. The molecule has 3 aromatic rings. The van der Waals surface area contributed by atoms with E-state index in [1.54, 1.807) is 41.3 Å². The van der Waals surface area contributed by atoms with Crippen molar-refractivity contribution in [3.63, 3.8) is 0 Å². The molecule has 0 radical (unpaired) electrons. The van der Waals surface area contributed by atoms with Crippen LogP contribution in [0.2, 0.25) is 0 Å². The van der Waals surface area contributed by atoms with E-state index in [0.29, 0.717) is 30.2 Å². The van der Waals surface area contributed by atoms with E-state index in [0.717, 1.165) is 15.6 Å². The van der Waals surface area contributed by atoms with Crippen molar-refractivity contribution >= 4 is 45.0 Å². The molecule has 0 saturated carbocycles. The number of carbonyl (C=O) groups excluding carboxylic acids is 3. The molecule has 180 valence electrons. The molecule has 1 fully saturated rings. The van der Waals surface area contributed by atoms with Crippen LogP contribution in [-0.2, 0) is 20.9 Å². The number of amides is 3. The first-order chi connectivity index (χ1) is 16.9. The lowest BCUT2D eigenvalue weighted by molar-refractivity contribution is -0.126. The summed E-state index contributed by atoms with van der Waals surface area (Å²) in [4.78, 5) is 38.9. The Balaban J connectivity index is 1.26. The predicted octanol–water partition coefficient (Wildman–Crippen LogP) is 4.44. The lowest BCUT2D eigenvalue weighted by Crippen LogP contribution is -2.32. The Labute approximate surface area is 212 Å². The summed E-state index contributed by atoms with van der Waals surface area (Å²) in [6.45, 7) is 2.64. The first kappa shape index (κ1) is 24.5. The molecule has 1 saturated heterocycles. The summed E-state index contributed by atoms with van der Waals surface area (Å²) >= 11 is 3.35. The predicted molar refractivity (Wildman–Crippen MR) is 138 cm³/mol. The third-order valence-corrected chi connectivity index (χ3v) is 6.26. The minimum absolute atomic E-state index is 0.0944. The summed E-state index contributed by atoms with van der Waals surface area (Å²) in [7, 11) is 0. The fraction of sp³-hybridized carbons (Fsp3) is 0.222. The van der Waals surface area contributed by atoms with Crippen molar-refractivity contribution in [2.24, 2.45) is 5.92 Å². The van der Waals surface area contributed by atoms with Crippen molar-refractivity contribution in [1.29, 1.82) is 0 Å². The van der Waals surface area contributed by atoms with E-state index in [1.165, 1.54) is 0 Å². The maximum absolute atomic E-state index is 12.6. The van der Waals surface area contributed by atoms with Crippen molar-refractivity contribution in [2.75, 3.05) is 23.4 Å². The normalized spacial score (nSPS) is 15.1. The van der Waals surface area contributed by atoms with Gasteiger partial charge in [-0.3, -0.25) is 14.4 Å². The number of ether oxygens (including phenoxy) is 1. The molecule has 0 aromatic heterocycles. The van der Waals surface area contributed by atoms with Gasteiger partial charge in [0, 0.05) is 35.4 Å². The number of hydrogen-bond acceptors (Lipinski definition) is 4. The SMILES string of the molecule is Cc1ccc(CNC(=O)[C@H]2CC(=O)N(c3ccc(OCC(=O)Nc4ccc(Br)cc4)cc3)C2)cc1.